The number of amides is 1. The maximum absolute atomic E-state index is 13.1. The second-order valence-corrected chi connectivity index (χ2v) is 6.88. The Morgan fingerprint density at radius 1 is 1.00 bits per heavy atom. The molecule has 29 heavy (non-hydrogen) atoms. The smallest absolute Gasteiger partial charge is 0.339 e. The molecule has 1 aliphatic heterocycles. The Morgan fingerprint density at radius 3 is 2.38 bits per heavy atom. The molecule has 1 aliphatic rings. The fourth-order valence-electron chi connectivity index (χ4n) is 3.41. The summed E-state index contributed by atoms with van der Waals surface area (Å²) < 4.78 is 16.5. The minimum Gasteiger partial charge on any atom is -0.493 e. The summed E-state index contributed by atoms with van der Waals surface area (Å²) in [6, 6.07) is 14.0. The molecule has 0 aliphatic carbocycles. The second kappa shape index (κ2) is 9.96. The molecule has 0 N–H and O–H groups in total. The standard InChI is InChI=1S/C23H27NO5/c1-3-28-19-13-12-18(16-20(19)27-2)23(26)29-21(17-10-6-4-7-11-17)22(25)24-14-8-5-9-15-24/h4,6-7,10-13,16,21H,3,5,8-9,14-15H2,1-2H3/t21-/m1/s1. The lowest BCUT2D eigenvalue weighted by Gasteiger charge is -2.30. The Kier molecular flexibility index (Phi) is 7.11. The number of carbonyl (C=O) groups excluding carboxylic acids is 2. The van der Waals surface area contributed by atoms with Gasteiger partial charge in [0.25, 0.3) is 5.91 Å². The second-order valence-electron chi connectivity index (χ2n) is 6.88. The summed E-state index contributed by atoms with van der Waals surface area (Å²) in [5.41, 5.74) is 0.965. The minimum absolute atomic E-state index is 0.179. The lowest BCUT2D eigenvalue weighted by atomic mass is 10.1. The number of esters is 1. The average molecular weight is 397 g/mol. The number of methoxy groups -OCH3 is 1. The average Bonchev–Trinajstić information content (AvgIpc) is 2.78. The van der Waals surface area contributed by atoms with Gasteiger partial charge in [0.1, 0.15) is 0 Å². The van der Waals surface area contributed by atoms with Crippen molar-refractivity contribution in [2.75, 3.05) is 26.8 Å². The van der Waals surface area contributed by atoms with Gasteiger partial charge in [-0.25, -0.2) is 4.79 Å². The van der Waals surface area contributed by atoms with E-state index in [0.29, 0.717) is 42.3 Å². The molecule has 0 bridgehead atoms. The monoisotopic (exact) mass is 397 g/mol. The zero-order chi connectivity index (χ0) is 20.6. The van der Waals surface area contributed by atoms with Crippen molar-refractivity contribution in [3.05, 3.63) is 59.7 Å². The van der Waals surface area contributed by atoms with Gasteiger partial charge >= 0.3 is 5.97 Å². The summed E-state index contributed by atoms with van der Waals surface area (Å²) in [4.78, 5) is 27.8. The van der Waals surface area contributed by atoms with Crippen LogP contribution in [-0.4, -0.2) is 43.6 Å². The highest BCUT2D eigenvalue weighted by Gasteiger charge is 2.30. The van der Waals surface area contributed by atoms with Crippen LogP contribution in [-0.2, 0) is 9.53 Å². The molecule has 2 aromatic carbocycles. The normalized spacial score (nSPS) is 14.8. The van der Waals surface area contributed by atoms with E-state index in [1.54, 1.807) is 35.2 Å². The molecule has 154 valence electrons. The zero-order valence-electron chi connectivity index (χ0n) is 16.9. The largest absolute Gasteiger partial charge is 0.493 e. The highest BCUT2D eigenvalue weighted by Crippen LogP contribution is 2.30. The van der Waals surface area contributed by atoms with Crippen LogP contribution >= 0.6 is 0 Å². The first kappa shape index (κ1) is 20.7. The fraction of sp³-hybridized carbons (Fsp3) is 0.391. The SMILES string of the molecule is CCOc1ccc(C(=O)O[C@@H](C(=O)N2CCCCC2)c2ccccc2)cc1OC. The molecule has 2 aromatic rings. The Morgan fingerprint density at radius 2 is 1.72 bits per heavy atom. The van der Waals surface area contributed by atoms with Crippen LogP contribution in [0.3, 0.4) is 0 Å². The molecular weight excluding hydrogens is 370 g/mol. The number of piperidine rings is 1. The van der Waals surface area contributed by atoms with Gasteiger partial charge in [-0.3, -0.25) is 4.79 Å². The van der Waals surface area contributed by atoms with E-state index in [4.69, 9.17) is 14.2 Å². The summed E-state index contributed by atoms with van der Waals surface area (Å²) >= 11 is 0. The number of ether oxygens (including phenoxy) is 3. The summed E-state index contributed by atoms with van der Waals surface area (Å²) in [6.07, 6.45) is 2.08. The van der Waals surface area contributed by atoms with Gasteiger partial charge in [0.15, 0.2) is 11.5 Å². The maximum atomic E-state index is 13.1. The predicted molar refractivity (Wildman–Crippen MR) is 109 cm³/mol. The number of likely N-dealkylation sites (tertiary alicyclic amines) is 1. The highest BCUT2D eigenvalue weighted by atomic mass is 16.5. The first-order valence-corrected chi connectivity index (χ1v) is 9.99. The van der Waals surface area contributed by atoms with Gasteiger partial charge in [-0.2, -0.15) is 0 Å². The molecule has 0 unspecified atom stereocenters. The highest BCUT2D eigenvalue weighted by molar-refractivity contribution is 5.93. The van der Waals surface area contributed by atoms with Crippen LogP contribution in [0.15, 0.2) is 48.5 Å². The number of hydrogen-bond acceptors (Lipinski definition) is 5. The molecular formula is C23H27NO5. The Labute approximate surface area is 171 Å². The van der Waals surface area contributed by atoms with Crippen molar-refractivity contribution in [3.63, 3.8) is 0 Å². The van der Waals surface area contributed by atoms with E-state index < -0.39 is 12.1 Å². The predicted octanol–water partition coefficient (Wildman–Crippen LogP) is 4.00. The number of rotatable bonds is 7. The van der Waals surface area contributed by atoms with E-state index >= 15 is 0 Å². The summed E-state index contributed by atoms with van der Waals surface area (Å²) in [6.45, 7) is 3.74. The molecule has 1 fully saturated rings. The Balaban J connectivity index is 1.83. The van der Waals surface area contributed by atoms with Crippen molar-refractivity contribution in [3.8, 4) is 11.5 Å². The first-order chi connectivity index (χ1) is 14.1. The van der Waals surface area contributed by atoms with Crippen molar-refractivity contribution < 1.29 is 23.8 Å². The van der Waals surface area contributed by atoms with Crippen molar-refractivity contribution >= 4 is 11.9 Å². The molecule has 0 saturated carbocycles. The van der Waals surface area contributed by atoms with E-state index in [2.05, 4.69) is 0 Å². The van der Waals surface area contributed by atoms with Gasteiger partial charge in [0.2, 0.25) is 6.10 Å². The maximum Gasteiger partial charge on any atom is 0.339 e. The van der Waals surface area contributed by atoms with Crippen molar-refractivity contribution in [2.24, 2.45) is 0 Å². The third kappa shape index (κ3) is 5.08. The van der Waals surface area contributed by atoms with E-state index in [1.807, 2.05) is 25.1 Å². The van der Waals surface area contributed by atoms with Crippen LogP contribution in [0.5, 0.6) is 11.5 Å². The van der Waals surface area contributed by atoms with Gasteiger partial charge in [0, 0.05) is 18.7 Å². The molecule has 3 rings (SSSR count). The molecule has 0 aromatic heterocycles. The molecule has 6 heteroatoms. The summed E-state index contributed by atoms with van der Waals surface area (Å²) in [5.74, 6) is 0.239. The number of carbonyl (C=O) groups is 2. The molecule has 1 amide bonds. The molecule has 0 spiro atoms. The Hall–Kier alpha value is -3.02. The van der Waals surface area contributed by atoms with E-state index in [0.717, 1.165) is 19.3 Å². The van der Waals surface area contributed by atoms with E-state index in [9.17, 15) is 9.59 Å². The Bertz CT molecular complexity index is 830. The van der Waals surface area contributed by atoms with Gasteiger partial charge in [0.05, 0.1) is 19.3 Å². The number of hydrogen-bond donors (Lipinski definition) is 0. The van der Waals surface area contributed by atoms with E-state index in [1.165, 1.54) is 7.11 Å². The molecule has 1 atom stereocenters. The molecule has 1 heterocycles. The number of nitrogens with zero attached hydrogens (tertiary/aromatic N) is 1. The van der Waals surface area contributed by atoms with Gasteiger partial charge in [-0.15, -0.1) is 0 Å². The van der Waals surface area contributed by atoms with Crippen LogP contribution in [0.25, 0.3) is 0 Å². The van der Waals surface area contributed by atoms with Gasteiger partial charge < -0.3 is 19.1 Å². The van der Waals surface area contributed by atoms with Gasteiger partial charge in [-0.05, 0) is 44.4 Å². The van der Waals surface area contributed by atoms with Crippen molar-refractivity contribution in [1.29, 1.82) is 0 Å². The fourth-order valence-corrected chi connectivity index (χ4v) is 3.41. The first-order valence-electron chi connectivity index (χ1n) is 9.99. The third-order valence-electron chi connectivity index (χ3n) is 4.92. The van der Waals surface area contributed by atoms with Crippen molar-refractivity contribution in [1.82, 2.24) is 4.90 Å². The summed E-state index contributed by atoms with van der Waals surface area (Å²) in [7, 11) is 1.51. The van der Waals surface area contributed by atoms with Crippen LogP contribution in [0.2, 0.25) is 0 Å². The van der Waals surface area contributed by atoms with Crippen LogP contribution in [0.4, 0.5) is 0 Å². The quantitative estimate of drug-likeness (QED) is 0.661. The van der Waals surface area contributed by atoms with Crippen LogP contribution in [0, 0.1) is 0 Å². The van der Waals surface area contributed by atoms with Crippen LogP contribution < -0.4 is 9.47 Å². The number of benzene rings is 2. The van der Waals surface area contributed by atoms with Gasteiger partial charge in [-0.1, -0.05) is 30.3 Å². The minimum atomic E-state index is -0.973. The van der Waals surface area contributed by atoms with E-state index in [-0.39, 0.29) is 5.91 Å². The molecule has 1 saturated heterocycles. The summed E-state index contributed by atoms with van der Waals surface area (Å²) in [5, 5.41) is 0. The third-order valence-corrected chi connectivity index (χ3v) is 4.92. The topological polar surface area (TPSA) is 65.1 Å². The van der Waals surface area contributed by atoms with Crippen LogP contribution in [0.1, 0.15) is 48.2 Å². The lowest BCUT2D eigenvalue weighted by molar-refractivity contribution is -0.142. The zero-order valence-corrected chi connectivity index (χ0v) is 16.9. The molecule has 6 nitrogen and oxygen atoms in total. The lowest BCUT2D eigenvalue weighted by Crippen LogP contribution is -2.40. The molecule has 0 radical (unpaired) electrons. The van der Waals surface area contributed by atoms with Crippen molar-refractivity contribution in [2.45, 2.75) is 32.3 Å².